The summed E-state index contributed by atoms with van der Waals surface area (Å²) in [5, 5.41) is 0. The van der Waals surface area contributed by atoms with Crippen molar-refractivity contribution in [2.45, 2.75) is 19.9 Å². The number of amides is 1. The molecular formula is C12H15NO4. The first kappa shape index (κ1) is 13.1. The van der Waals surface area contributed by atoms with Crippen molar-refractivity contribution in [1.29, 1.82) is 0 Å². The van der Waals surface area contributed by atoms with Crippen LogP contribution in [0.4, 0.5) is 4.79 Å². The topological polar surface area (TPSA) is 55.8 Å². The lowest BCUT2D eigenvalue weighted by Gasteiger charge is -2.20. The Morgan fingerprint density at radius 2 is 2.41 bits per heavy atom. The number of carbonyl (C=O) groups is 1. The van der Waals surface area contributed by atoms with Crippen molar-refractivity contribution in [1.82, 2.24) is 4.90 Å². The van der Waals surface area contributed by atoms with Gasteiger partial charge in [0.2, 0.25) is 0 Å². The zero-order chi connectivity index (χ0) is 12.8. The van der Waals surface area contributed by atoms with E-state index in [-0.39, 0.29) is 18.3 Å². The van der Waals surface area contributed by atoms with Gasteiger partial charge in [-0.2, -0.15) is 0 Å². The standard InChI is InChI=1S/C12H15NO4/c1-4-6-17-12(15)13-9(3)7-11(16-5-2)10(13)8-14/h4,7,9H,1,5-6H2,2-3H3/t9-/m0/s1. The highest BCUT2D eigenvalue weighted by Gasteiger charge is 2.34. The van der Waals surface area contributed by atoms with Crippen LogP contribution in [-0.2, 0) is 14.3 Å². The maximum Gasteiger partial charge on any atom is 0.415 e. The third kappa shape index (κ3) is 2.77. The summed E-state index contributed by atoms with van der Waals surface area (Å²) < 4.78 is 10.1. The summed E-state index contributed by atoms with van der Waals surface area (Å²) >= 11 is 0. The van der Waals surface area contributed by atoms with Crippen molar-refractivity contribution < 1.29 is 19.1 Å². The van der Waals surface area contributed by atoms with Crippen LogP contribution in [0.3, 0.4) is 0 Å². The van der Waals surface area contributed by atoms with E-state index in [1.165, 1.54) is 11.0 Å². The van der Waals surface area contributed by atoms with Gasteiger partial charge in [-0.05, 0) is 19.9 Å². The summed E-state index contributed by atoms with van der Waals surface area (Å²) in [5.74, 6) is 2.08. The number of nitrogens with zero attached hydrogens (tertiary/aromatic N) is 1. The molecule has 0 radical (unpaired) electrons. The molecule has 0 unspecified atom stereocenters. The molecule has 17 heavy (non-hydrogen) atoms. The average molecular weight is 237 g/mol. The van der Waals surface area contributed by atoms with Crippen molar-refractivity contribution in [3.63, 3.8) is 0 Å². The minimum absolute atomic E-state index is 0.0772. The Morgan fingerprint density at radius 1 is 1.71 bits per heavy atom. The Hall–Kier alpha value is -2.00. The van der Waals surface area contributed by atoms with E-state index in [4.69, 9.17) is 9.47 Å². The maximum atomic E-state index is 11.7. The molecule has 0 spiro atoms. The largest absolute Gasteiger partial charge is 0.491 e. The first-order chi connectivity index (χ1) is 8.15. The van der Waals surface area contributed by atoms with Crippen molar-refractivity contribution in [3.8, 4) is 0 Å². The van der Waals surface area contributed by atoms with Gasteiger partial charge in [-0.1, -0.05) is 12.7 Å². The highest BCUT2D eigenvalue weighted by molar-refractivity contribution is 5.78. The predicted octanol–water partition coefficient (Wildman–Crippen LogP) is 1.65. The van der Waals surface area contributed by atoms with Crippen LogP contribution in [0.2, 0.25) is 0 Å². The molecule has 0 bridgehead atoms. The Morgan fingerprint density at radius 3 is 2.94 bits per heavy atom. The molecule has 1 amide bonds. The Balaban J connectivity index is 2.85. The highest BCUT2D eigenvalue weighted by atomic mass is 16.6. The third-order valence-corrected chi connectivity index (χ3v) is 2.19. The lowest BCUT2D eigenvalue weighted by Crippen LogP contribution is -2.34. The summed E-state index contributed by atoms with van der Waals surface area (Å²) in [6.07, 6.45) is 2.53. The van der Waals surface area contributed by atoms with Crippen molar-refractivity contribution in [2.24, 2.45) is 0 Å². The smallest absolute Gasteiger partial charge is 0.415 e. The molecule has 1 atom stereocenters. The Kier molecular flexibility index (Phi) is 4.55. The van der Waals surface area contributed by atoms with Crippen molar-refractivity contribution in [2.75, 3.05) is 13.2 Å². The Labute approximate surface area is 100.0 Å². The number of carbonyl (C=O) groups excluding carboxylic acids is 2. The maximum absolute atomic E-state index is 11.7. The fourth-order valence-electron chi connectivity index (χ4n) is 1.52. The number of hydrogen-bond acceptors (Lipinski definition) is 4. The zero-order valence-corrected chi connectivity index (χ0v) is 9.93. The molecule has 5 nitrogen and oxygen atoms in total. The molecule has 1 aliphatic heterocycles. The summed E-state index contributed by atoms with van der Waals surface area (Å²) in [6, 6.07) is -0.287. The van der Waals surface area contributed by atoms with Gasteiger partial charge in [-0.25, -0.2) is 9.59 Å². The minimum atomic E-state index is -0.610. The summed E-state index contributed by atoms with van der Waals surface area (Å²) in [6.45, 7) is 7.52. The molecule has 0 aliphatic carbocycles. The SMILES string of the molecule is C=CCOC(=O)N1C(=C=O)C(OCC)=C[C@@H]1C. The van der Waals surface area contributed by atoms with Crippen molar-refractivity contribution >= 4 is 12.0 Å². The fourth-order valence-corrected chi connectivity index (χ4v) is 1.52. The summed E-state index contributed by atoms with van der Waals surface area (Å²) in [5.41, 5.74) is 0.0772. The van der Waals surface area contributed by atoms with Crippen LogP contribution in [0.5, 0.6) is 0 Å². The number of ether oxygens (including phenoxy) is 2. The molecule has 1 heterocycles. The lowest BCUT2D eigenvalue weighted by atomic mass is 10.3. The van der Waals surface area contributed by atoms with Crippen LogP contribution >= 0.6 is 0 Å². The summed E-state index contributed by atoms with van der Waals surface area (Å²) in [4.78, 5) is 23.8. The second-order valence-corrected chi connectivity index (χ2v) is 3.39. The quantitative estimate of drug-likeness (QED) is 0.551. The van der Waals surface area contributed by atoms with Crippen LogP contribution in [0.1, 0.15) is 13.8 Å². The molecule has 0 aromatic rings. The monoisotopic (exact) mass is 237 g/mol. The lowest BCUT2D eigenvalue weighted by molar-refractivity contribution is 0.119. The van der Waals surface area contributed by atoms with Gasteiger partial charge >= 0.3 is 6.09 Å². The average Bonchev–Trinajstić information content (AvgIpc) is 2.62. The van der Waals surface area contributed by atoms with Gasteiger partial charge in [0.25, 0.3) is 0 Å². The van der Waals surface area contributed by atoms with Crippen LogP contribution in [0.25, 0.3) is 0 Å². The third-order valence-electron chi connectivity index (χ3n) is 2.19. The van der Waals surface area contributed by atoms with E-state index in [1.54, 1.807) is 25.9 Å². The second-order valence-electron chi connectivity index (χ2n) is 3.39. The van der Waals surface area contributed by atoms with Crippen molar-refractivity contribution in [3.05, 3.63) is 30.2 Å². The van der Waals surface area contributed by atoms with Crippen LogP contribution in [-0.4, -0.2) is 36.2 Å². The van der Waals surface area contributed by atoms with E-state index in [2.05, 4.69) is 6.58 Å². The predicted molar refractivity (Wildman–Crippen MR) is 61.8 cm³/mol. The van der Waals surface area contributed by atoms with Gasteiger partial charge in [0.1, 0.15) is 6.61 Å². The fraction of sp³-hybridized carbons (Fsp3) is 0.417. The number of hydrogen-bond donors (Lipinski definition) is 0. The van der Waals surface area contributed by atoms with Gasteiger partial charge in [0, 0.05) is 0 Å². The Bertz CT molecular complexity index is 393. The first-order valence-electron chi connectivity index (χ1n) is 5.32. The highest BCUT2D eigenvalue weighted by Crippen LogP contribution is 2.26. The molecule has 0 saturated heterocycles. The minimum Gasteiger partial charge on any atom is -0.491 e. The first-order valence-corrected chi connectivity index (χ1v) is 5.32. The van der Waals surface area contributed by atoms with E-state index in [0.29, 0.717) is 12.4 Å². The molecule has 0 saturated carbocycles. The van der Waals surface area contributed by atoms with Crippen LogP contribution < -0.4 is 0 Å². The molecule has 1 rings (SSSR count). The van der Waals surface area contributed by atoms with Crippen LogP contribution in [0.15, 0.2) is 30.2 Å². The number of rotatable bonds is 4. The molecule has 0 aromatic heterocycles. The zero-order valence-electron chi connectivity index (χ0n) is 9.93. The van der Waals surface area contributed by atoms with Gasteiger partial charge in [0.05, 0.1) is 12.6 Å². The molecule has 1 aliphatic rings. The molecule has 92 valence electrons. The van der Waals surface area contributed by atoms with Gasteiger partial charge in [0.15, 0.2) is 17.4 Å². The molecule has 0 fully saturated rings. The second kappa shape index (κ2) is 5.92. The van der Waals surface area contributed by atoms with E-state index in [1.807, 2.05) is 0 Å². The van der Waals surface area contributed by atoms with E-state index < -0.39 is 6.09 Å². The molecule has 0 aromatic carbocycles. The van der Waals surface area contributed by atoms with E-state index in [9.17, 15) is 9.59 Å². The van der Waals surface area contributed by atoms with Gasteiger partial charge < -0.3 is 9.47 Å². The summed E-state index contributed by atoms with van der Waals surface area (Å²) in [7, 11) is 0. The molecular weight excluding hydrogens is 222 g/mol. The molecule has 5 heteroatoms. The van der Waals surface area contributed by atoms with Crippen LogP contribution in [0, 0.1) is 0 Å². The van der Waals surface area contributed by atoms with E-state index >= 15 is 0 Å². The van der Waals surface area contributed by atoms with Gasteiger partial charge in [-0.15, -0.1) is 0 Å². The van der Waals surface area contributed by atoms with E-state index in [0.717, 1.165) is 0 Å². The molecule has 0 N–H and O–H groups in total. The normalized spacial score (nSPS) is 18.5. The van der Waals surface area contributed by atoms with Gasteiger partial charge in [-0.3, -0.25) is 4.90 Å².